The summed E-state index contributed by atoms with van der Waals surface area (Å²) in [6, 6.07) is 4.06. The van der Waals surface area contributed by atoms with E-state index in [0.29, 0.717) is 11.7 Å². The molecule has 0 radical (unpaired) electrons. The number of rotatable bonds is 4. The lowest BCUT2D eigenvalue weighted by Gasteiger charge is -2.32. The number of hydrogen-bond acceptors (Lipinski definition) is 2. The molecule has 1 aromatic heterocycles. The number of nitrogens with zero attached hydrogens (tertiary/aromatic N) is 2. The number of carbonyl (C=O) groups is 1. The van der Waals surface area contributed by atoms with Gasteiger partial charge in [-0.05, 0) is 45.0 Å². The quantitative estimate of drug-likeness (QED) is 0.870. The molecular weight excluding hydrogens is 216 g/mol. The van der Waals surface area contributed by atoms with Crippen LogP contribution in [0.3, 0.4) is 0 Å². The normalized spacial score (nSPS) is 21.6. The Balaban J connectivity index is 1.92. The fourth-order valence-corrected chi connectivity index (χ4v) is 2.60. The second-order valence-electron chi connectivity index (χ2n) is 4.81. The summed E-state index contributed by atoms with van der Waals surface area (Å²) in [5.41, 5.74) is 0.392. The number of aromatic carboxylic acids is 1. The van der Waals surface area contributed by atoms with Gasteiger partial charge >= 0.3 is 5.97 Å². The van der Waals surface area contributed by atoms with Crippen LogP contribution in [0.5, 0.6) is 0 Å². The molecule has 1 aliphatic rings. The minimum Gasteiger partial charge on any atom is -0.477 e. The van der Waals surface area contributed by atoms with Gasteiger partial charge in [0.25, 0.3) is 0 Å². The Morgan fingerprint density at radius 1 is 1.53 bits per heavy atom. The maximum Gasteiger partial charge on any atom is 0.352 e. The number of carboxylic acid groups (broad SMARTS) is 1. The largest absolute Gasteiger partial charge is 0.477 e. The summed E-state index contributed by atoms with van der Waals surface area (Å²) in [5.74, 6) is -0.841. The molecule has 4 nitrogen and oxygen atoms in total. The Labute approximate surface area is 102 Å². The van der Waals surface area contributed by atoms with Crippen LogP contribution < -0.4 is 0 Å². The lowest BCUT2D eigenvalue weighted by Crippen LogP contribution is -2.36. The van der Waals surface area contributed by atoms with Crippen molar-refractivity contribution in [3.05, 3.63) is 24.0 Å². The van der Waals surface area contributed by atoms with E-state index >= 15 is 0 Å². The molecule has 94 valence electrons. The van der Waals surface area contributed by atoms with Gasteiger partial charge in [0.15, 0.2) is 0 Å². The molecule has 0 bridgehead atoms. The van der Waals surface area contributed by atoms with E-state index < -0.39 is 5.97 Å². The van der Waals surface area contributed by atoms with Gasteiger partial charge in [0.2, 0.25) is 0 Å². The van der Waals surface area contributed by atoms with E-state index in [-0.39, 0.29) is 0 Å². The minimum atomic E-state index is -0.841. The first kappa shape index (κ1) is 12.2. The molecule has 0 aromatic carbocycles. The molecule has 1 atom stereocenters. The third-order valence-corrected chi connectivity index (χ3v) is 3.67. The molecule has 0 saturated carbocycles. The van der Waals surface area contributed by atoms with Crippen LogP contribution in [0.15, 0.2) is 18.3 Å². The summed E-state index contributed by atoms with van der Waals surface area (Å²) < 4.78 is 1.84. The molecule has 1 aliphatic heterocycles. The fourth-order valence-electron chi connectivity index (χ4n) is 2.60. The van der Waals surface area contributed by atoms with Crippen LogP contribution in [0.2, 0.25) is 0 Å². The molecule has 2 rings (SSSR count). The molecule has 1 fully saturated rings. The van der Waals surface area contributed by atoms with E-state index in [9.17, 15) is 4.79 Å². The molecular formula is C13H20N2O2. The Bertz CT molecular complexity index is 387. The highest BCUT2D eigenvalue weighted by atomic mass is 16.4. The number of aromatic nitrogens is 1. The van der Waals surface area contributed by atoms with Gasteiger partial charge in [-0.25, -0.2) is 4.79 Å². The van der Waals surface area contributed by atoms with Crippen molar-refractivity contribution in [3.8, 4) is 0 Å². The summed E-state index contributed by atoms with van der Waals surface area (Å²) in [6.45, 7) is 1.96. The topological polar surface area (TPSA) is 45.5 Å². The van der Waals surface area contributed by atoms with Crippen LogP contribution >= 0.6 is 0 Å². The van der Waals surface area contributed by atoms with E-state index in [2.05, 4.69) is 11.9 Å². The summed E-state index contributed by atoms with van der Waals surface area (Å²) >= 11 is 0. The Morgan fingerprint density at radius 2 is 2.35 bits per heavy atom. The van der Waals surface area contributed by atoms with Crippen molar-refractivity contribution in [1.29, 1.82) is 0 Å². The van der Waals surface area contributed by atoms with Crippen molar-refractivity contribution < 1.29 is 9.90 Å². The van der Waals surface area contributed by atoms with Crippen LogP contribution in [0.1, 0.15) is 36.2 Å². The van der Waals surface area contributed by atoms with Gasteiger partial charge in [-0.15, -0.1) is 0 Å². The first-order valence-corrected chi connectivity index (χ1v) is 6.27. The molecule has 0 spiro atoms. The molecule has 1 unspecified atom stereocenters. The number of piperidine rings is 1. The first-order chi connectivity index (χ1) is 8.18. The number of aryl methyl sites for hydroxylation is 1. The van der Waals surface area contributed by atoms with Crippen LogP contribution in [0, 0.1) is 0 Å². The standard InChI is InChI=1S/C13H20N2O2/c1-14-8-3-2-5-11(14)7-10-15-9-4-6-12(15)13(16)17/h4,6,9,11H,2-3,5,7-8,10H2,1H3,(H,16,17). The third-order valence-electron chi connectivity index (χ3n) is 3.67. The van der Waals surface area contributed by atoms with Gasteiger partial charge in [-0.1, -0.05) is 6.42 Å². The summed E-state index contributed by atoms with van der Waals surface area (Å²) in [7, 11) is 2.16. The summed E-state index contributed by atoms with van der Waals surface area (Å²) in [5, 5.41) is 9.01. The van der Waals surface area contributed by atoms with Crippen molar-refractivity contribution in [3.63, 3.8) is 0 Å². The SMILES string of the molecule is CN1CCCCC1CCn1cccc1C(=O)O. The summed E-state index contributed by atoms with van der Waals surface area (Å²) in [4.78, 5) is 13.4. The zero-order valence-electron chi connectivity index (χ0n) is 10.3. The van der Waals surface area contributed by atoms with E-state index in [1.54, 1.807) is 12.1 Å². The van der Waals surface area contributed by atoms with E-state index in [1.807, 2.05) is 10.8 Å². The Hall–Kier alpha value is -1.29. The zero-order valence-corrected chi connectivity index (χ0v) is 10.3. The molecule has 1 saturated heterocycles. The molecule has 1 N–H and O–H groups in total. The Kier molecular flexibility index (Phi) is 3.84. The Morgan fingerprint density at radius 3 is 3.06 bits per heavy atom. The molecule has 0 aliphatic carbocycles. The van der Waals surface area contributed by atoms with Crippen molar-refractivity contribution in [2.75, 3.05) is 13.6 Å². The molecule has 0 amide bonds. The lowest BCUT2D eigenvalue weighted by atomic mass is 10.0. The number of carboxylic acids is 1. The smallest absolute Gasteiger partial charge is 0.352 e. The zero-order chi connectivity index (χ0) is 12.3. The average Bonchev–Trinajstić information content (AvgIpc) is 2.76. The monoisotopic (exact) mass is 236 g/mol. The van der Waals surface area contributed by atoms with Gasteiger partial charge < -0.3 is 14.6 Å². The number of likely N-dealkylation sites (tertiary alicyclic amines) is 1. The highest BCUT2D eigenvalue weighted by Crippen LogP contribution is 2.18. The maximum absolute atomic E-state index is 11.0. The van der Waals surface area contributed by atoms with Gasteiger partial charge in [-0.2, -0.15) is 0 Å². The van der Waals surface area contributed by atoms with Crippen molar-refractivity contribution in [2.24, 2.45) is 0 Å². The van der Waals surface area contributed by atoms with Crippen LogP contribution in [-0.4, -0.2) is 40.2 Å². The second kappa shape index (κ2) is 5.36. The van der Waals surface area contributed by atoms with E-state index in [4.69, 9.17) is 5.11 Å². The molecule has 17 heavy (non-hydrogen) atoms. The van der Waals surface area contributed by atoms with Crippen LogP contribution in [0.4, 0.5) is 0 Å². The first-order valence-electron chi connectivity index (χ1n) is 6.27. The van der Waals surface area contributed by atoms with Crippen LogP contribution in [-0.2, 0) is 6.54 Å². The third kappa shape index (κ3) is 2.88. The van der Waals surface area contributed by atoms with Crippen molar-refractivity contribution in [2.45, 2.75) is 38.3 Å². The van der Waals surface area contributed by atoms with Gasteiger partial charge in [0, 0.05) is 18.8 Å². The predicted octanol–water partition coefficient (Wildman–Crippen LogP) is 2.06. The van der Waals surface area contributed by atoms with Gasteiger partial charge in [0.1, 0.15) is 5.69 Å². The van der Waals surface area contributed by atoms with Gasteiger partial charge in [0.05, 0.1) is 0 Å². The highest BCUT2D eigenvalue weighted by molar-refractivity contribution is 5.85. The molecule has 1 aromatic rings. The molecule has 4 heteroatoms. The van der Waals surface area contributed by atoms with Gasteiger partial charge in [-0.3, -0.25) is 0 Å². The lowest BCUT2D eigenvalue weighted by molar-refractivity contribution is 0.0683. The average molecular weight is 236 g/mol. The predicted molar refractivity (Wildman–Crippen MR) is 66.3 cm³/mol. The van der Waals surface area contributed by atoms with Crippen molar-refractivity contribution >= 4 is 5.97 Å². The summed E-state index contributed by atoms with van der Waals surface area (Å²) in [6.07, 6.45) is 6.71. The van der Waals surface area contributed by atoms with E-state index in [0.717, 1.165) is 13.0 Å². The maximum atomic E-state index is 11.0. The second-order valence-corrected chi connectivity index (χ2v) is 4.81. The molecule has 2 heterocycles. The minimum absolute atomic E-state index is 0.392. The van der Waals surface area contributed by atoms with Crippen LogP contribution in [0.25, 0.3) is 0 Å². The van der Waals surface area contributed by atoms with E-state index in [1.165, 1.54) is 25.8 Å². The fraction of sp³-hybridized carbons (Fsp3) is 0.615. The number of hydrogen-bond donors (Lipinski definition) is 1. The highest BCUT2D eigenvalue weighted by Gasteiger charge is 2.19. The van der Waals surface area contributed by atoms with Crippen molar-refractivity contribution in [1.82, 2.24) is 9.47 Å².